The molecule has 0 amide bonds. The number of Topliss-reactive ketones (excluding diaryl/α,β-unsaturated/α-hetero) is 1. The van der Waals surface area contributed by atoms with E-state index in [0.717, 1.165) is 51.7 Å². The smallest absolute Gasteiger partial charge is 0.252 e. The van der Waals surface area contributed by atoms with Crippen molar-refractivity contribution in [3.05, 3.63) is 75.4 Å². The Morgan fingerprint density at radius 3 is 2.23 bits per heavy atom. The van der Waals surface area contributed by atoms with E-state index in [1.165, 1.54) is 5.56 Å². The quantitative estimate of drug-likeness (QED) is 0.492. The fourth-order valence-corrected chi connectivity index (χ4v) is 5.53. The van der Waals surface area contributed by atoms with Gasteiger partial charge in [-0.05, 0) is 55.2 Å². The van der Waals surface area contributed by atoms with Crippen LogP contribution in [-0.4, -0.2) is 25.5 Å². The summed E-state index contributed by atoms with van der Waals surface area (Å²) >= 11 is 0. The maximum absolute atomic E-state index is 13.6. The van der Waals surface area contributed by atoms with Crippen molar-refractivity contribution in [2.24, 2.45) is 5.41 Å². The first-order chi connectivity index (χ1) is 16.3. The Kier molecular flexibility index (Phi) is 5.28. The molecule has 1 N–H and O–H groups in total. The number of nitrogens with one attached hydrogen (secondary N) is 1. The van der Waals surface area contributed by atoms with Crippen LogP contribution in [0.2, 0.25) is 0 Å². The maximum atomic E-state index is 13.6. The summed E-state index contributed by atoms with van der Waals surface area (Å²) < 4.78 is 1.82. The average Bonchev–Trinajstić information content (AvgIpc) is 3.06. The summed E-state index contributed by atoms with van der Waals surface area (Å²) in [5, 5.41) is 8.51. The highest BCUT2D eigenvalue weighted by Crippen LogP contribution is 2.50. The van der Waals surface area contributed by atoms with E-state index in [-0.39, 0.29) is 22.5 Å². The van der Waals surface area contributed by atoms with Gasteiger partial charge in [0.15, 0.2) is 5.78 Å². The second-order valence-corrected chi connectivity index (χ2v) is 12.0. The number of hydrogen-bond donors (Lipinski definition) is 1. The van der Waals surface area contributed by atoms with Gasteiger partial charge in [-0.1, -0.05) is 58.9 Å². The van der Waals surface area contributed by atoms with Crippen LogP contribution in [0.3, 0.4) is 0 Å². The molecule has 0 bridgehead atoms. The first-order valence-electron chi connectivity index (χ1n) is 12.4. The average molecular weight is 470 g/mol. The molecule has 1 aliphatic carbocycles. The highest BCUT2D eigenvalue weighted by Gasteiger charge is 2.43. The predicted octanol–water partition coefficient (Wildman–Crippen LogP) is 6.09. The lowest BCUT2D eigenvalue weighted by atomic mass is 9.69. The summed E-state index contributed by atoms with van der Waals surface area (Å²) in [6.07, 6.45) is 1.36. The summed E-state index contributed by atoms with van der Waals surface area (Å²) in [6, 6.07) is 10.7. The number of allylic oxidation sites excluding steroid dienone is 2. The van der Waals surface area contributed by atoms with E-state index in [2.05, 4.69) is 74.2 Å². The van der Waals surface area contributed by atoms with Crippen molar-refractivity contribution >= 4 is 11.6 Å². The highest BCUT2D eigenvalue weighted by molar-refractivity contribution is 6.01. The van der Waals surface area contributed by atoms with E-state index in [4.69, 9.17) is 5.10 Å². The molecule has 3 heterocycles. The minimum atomic E-state index is -0.168. The minimum Gasteiger partial charge on any atom is -0.343 e. The van der Waals surface area contributed by atoms with Crippen LogP contribution >= 0.6 is 0 Å². The third kappa shape index (κ3) is 4.09. The summed E-state index contributed by atoms with van der Waals surface area (Å²) in [6.45, 7) is 16.9. The Labute approximate surface area is 207 Å². The first kappa shape index (κ1) is 23.5. The van der Waals surface area contributed by atoms with Crippen LogP contribution in [-0.2, 0) is 10.2 Å². The van der Waals surface area contributed by atoms with E-state index >= 15 is 0 Å². The highest BCUT2D eigenvalue weighted by atomic mass is 16.1. The fourth-order valence-electron chi connectivity index (χ4n) is 5.53. The molecule has 0 radical (unpaired) electrons. The van der Waals surface area contributed by atoms with Crippen molar-refractivity contribution in [2.45, 2.75) is 79.6 Å². The molecule has 3 aromatic rings. The van der Waals surface area contributed by atoms with Gasteiger partial charge < -0.3 is 5.32 Å². The number of hydrogen-bond acceptors (Lipinski definition) is 5. The number of aromatic nitrogens is 4. The monoisotopic (exact) mass is 469 g/mol. The fraction of sp³-hybridized carbons (Fsp3) is 0.448. The van der Waals surface area contributed by atoms with Gasteiger partial charge in [0.05, 0.1) is 5.69 Å². The van der Waals surface area contributed by atoms with Crippen LogP contribution in [0.15, 0.2) is 41.6 Å². The predicted molar refractivity (Wildman–Crippen MR) is 139 cm³/mol. The van der Waals surface area contributed by atoms with Gasteiger partial charge in [0.25, 0.3) is 5.95 Å². The summed E-state index contributed by atoms with van der Waals surface area (Å²) in [7, 11) is 0. The summed E-state index contributed by atoms with van der Waals surface area (Å²) in [5.41, 5.74) is 7.93. The standard InChI is InChI=1S/C29H35N5O/c1-16-13-17(2)31-27(30-16)34-26-23(18(3)33-34)24(19-9-11-20(12-10-19)28(4,5)6)25-21(32-26)14-29(7,8)15-22(25)35/h9-13,24,32H,14-15H2,1-8H3. The second-order valence-electron chi connectivity index (χ2n) is 12.0. The summed E-state index contributed by atoms with van der Waals surface area (Å²) in [5.74, 6) is 1.46. The molecule has 0 fully saturated rings. The first-order valence-corrected chi connectivity index (χ1v) is 12.4. The number of rotatable bonds is 2. The van der Waals surface area contributed by atoms with Crippen molar-refractivity contribution in [3.63, 3.8) is 0 Å². The zero-order valence-corrected chi connectivity index (χ0v) is 22.1. The SMILES string of the molecule is Cc1cc(C)nc(-n2nc(C)c3c2NC2=C(C(=O)CC(C)(C)C2)C3c2ccc(C(C)(C)C)cc2)n1. The second kappa shape index (κ2) is 7.87. The zero-order chi connectivity index (χ0) is 25.3. The Morgan fingerprint density at radius 2 is 1.63 bits per heavy atom. The molecule has 6 nitrogen and oxygen atoms in total. The maximum Gasteiger partial charge on any atom is 0.252 e. The molecule has 0 saturated heterocycles. The third-order valence-corrected chi connectivity index (χ3v) is 7.14. The molecule has 5 rings (SSSR count). The Hall–Kier alpha value is -3.28. The minimum absolute atomic E-state index is 0.0636. The molecule has 2 aromatic heterocycles. The number of fused-ring (bicyclic) bond motifs is 1. The van der Waals surface area contributed by atoms with Crippen LogP contribution in [0.1, 0.15) is 87.2 Å². The third-order valence-electron chi connectivity index (χ3n) is 7.14. The van der Waals surface area contributed by atoms with E-state index in [1.807, 2.05) is 31.5 Å². The van der Waals surface area contributed by atoms with E-state index in [9.17, 15) is 4.79 Å². The van der Waals surface area contributed by atoms with E-state index in [0.29, 0.717) is 12.4 Å². The molecule has 0 spiro atoms. The summed E-state index contributed by atoms with van der Waals surface area (Å²) in [4.78, 5) is 22.9. The van der Waals surface area contributed by atoms with Crippen molar-refractivity contribution in [2.75, 3.05) is 5.32 Å². The van der Waals surface area contributed by atoms with Gasteiger partial charge in [-0.3, -0.25) is 4.79 Å². The van der Waals surface area contributed by atoms with Gasteiger partial charge in [-0.25, -0.2) is 9.97 Å². The van der Waals surface area contributed by atoms with Gasteiger partial charge in [0.1, 0.15) is 5.82 Å². The molecule has 2 aliphatic rings. The molecule has 1 aliphatic heterocycles. The Balaban J connectivity index is 1.73. The Bertz CT molecular complexity index is 1350. The molecule has 1 atom stereocenters. The van der Waals surface area contributed by atoms with Crippen LogP contribution in [0, 0.1) is 26.2 Å². The normalized spacial score (nSPS) is 19.3. The molecular formula is C29H35N5O. The van der Waals surface area contributed by atoms with Crippen molar-refractivity contribution in [1.29, 1.82) is 0 Å². The topological polar surface area (TPSA) is 72.7 Å². The molecule has 182 valence electrons. The number of anilines is 1. The zero-order valence-electron chi connectivity index (χ0n) is 22.1. The van der Waals surface area contributed by atoms with Gasteiger partial charge >= 0.3 is 0 Å². The van der Waals surface area contributed by atoms with Crippen LogP contribution in [0.25, 0.3) is 5.95 Å². The van der Waals surface area contributed by atoms with Gasteiger partial charge in [0, 0.05) is 40.6 Å². The lowest BCUT2D eigenvalue weighted by Gasteiger charge is -2.38. The molecule has 1 aromatic carbocycles. The number of ketones is 1. The van der Waals surface area contributed by atoms with Gasteiger partial charge in [-0.2, -0.15) is 9.78 Å². The number of nitrogens with zero attached hydrogens (tertiary/aromatic N) is 4. The Morgan fingerprint density at radius 1 is 1.00 bits per heavy atom. The molecule has 6 heteroatoms. The lowest BCUT2D eigenvalue weighted by Crippen LogP contribution is -2.34. The molecule has 1 unspecified atom stereocenters. The van der Waals surface area contributed by atoms with Crippen LogP contribution < -0.4 is 5.32 Å². The van der Waals surface area contributed by atoms with Crippen molar-refractivity contribution in [3.8, 4) is 5.95 Å². The van der Waals surface area contributed by atoms with E-state index < -0.39 is 0 Å². The largest absolute Gasteiger partial charge is 0.343 e. The van der Waals surface area contributed by atoms with Gasteiger partial charge in [0.2, 0.25) is 0 Å². The molecular weight excluding hydrogens is 434 g/mol. The van der Waals surface area contributed by atoms with Crippen molar-refractivity contribution in [1.82, 2.24) is 19.7 Å². The van der Waals surface area contributed by atoms with Crippen LogP contribution in [0.4, 0.5) is 5.82 Å². The van der Waals surface area contributed by atoms with E-state index in [1.54, 1.807) is 0 Å². The lowest BCUT2D eigenvalue weighted by molar-refractivity contribution is -0.118. The number of aryl methyl sites for hydroxylation is 3. The molecule has 35 heavy (non-hydrogen) atoms. The number of benzene rings is 1. The van der Waals surface area contributed by atoms with Crippen molar-refractivity contribution < 1.29 is 4.79 Å². The number of carbonyl (C=O) groups excluding carboxylic acids is 1. The van der Waals surface area contributed by atoms with Crippen LogP contribution in [0.5, 0.6) is 0 Å². The molecule has 0 saturated carbocycles. The number of carbonyl (C=O) groups is 1. The van der Waals surface area contributed by atoms with Gasteiger partial charge in [-0.15, -0.1) is 0 Å².